The predicted molar refractivity (Wildman–Crippen MR) is 119 cm³/mol. The number of hydrogen-bond acceptors (Lipinski definition) is 7. The molecule has 0 aliphatic rings. The standard InChI is InChI=1S/C23H20N6O2/c1-14-5-7-15(8-6-14)19-13-21(29-23(25)28-19)27-16-3-2-4-17(11-16)31-18-9-10-26-20(12-18)22(24)30/h2-13H,1H3,(H2,24,30)(H3,25,27,28,29). The number of pyridine rings is 1. The minimum absolute atomic E-state index is 0.131. The molecule has 5 N–H and O–H groups in total. The molecule has 2 aromatic carbocycles. The lowest BCUT2D eigenvalue weighted by Crippen LogP contribution is -2.12. The normalized spacial score (nSPS) is 10.5. The zero-order valence-electron chi connectivity index (χ0n) is 16.7. The molecule has 31 heavy (non-hydrogen) atoms. The molecule has 0 aliphatic heterocycles. The van der Waals surface area contributed by atoms with Gasteiger partial charge in [-0.05, 0) is 25.1 Å². The number of hydrogen-bond donors (Lipinski definition) is 3. The van der Waals surface area contributed by atoms with E-state index in [1.54, 1.807) is 18.2 Å². The highest BCUT2D eigenvalue weighted by molar-refractivity contribution is 5.91. The lowest BCUT2D eigenvalue weighted by molar-refractivity contribution is 0.0995. The Morgan fingerprint density at radius 3 is 2.52 bits per heavy atom. The maximum absolute atomic E-state index is 11.3. The number of primary amides is 1. The van der Waals surface area contributed by atoms with Crippen LogP contribution < -0.4 is 21.5 Å². The number of carbonyl (C=O) groups is 1. The van der Waals surface area contributed by atoms with Gasteiger partial charge < -0.3 is 21.5 Å². The van der Waals surface area contributed by atoms with Crippen LogP contribution in [0, 0.1) is 6.92 Å². The number of aromatic nitrogens is 3. The fraction of sp³-hybridized carbons (Fsp3) is 0.0435. The number of rotatable bonds is 6. The van der Waals surface area contributed by atoms with Gasteiger partial charge in [-0.2, -0.15) is 4.98 Å². The van der Waals surface area contributed by atoms with E-state index in [0.717, 1.165) is 22.5 Å². The van der Waals surface area contributed by atoms with E-state index in [2.05, 4.69) is 20.3 Å². The van der Waals surface area contributed by atoms with Gasteiger partial charge in [0.2, 0.25) is 5.95 Å². The first-order valence-electron chi connectivity index (χ1n) is 9.49. The van der Waals surface area contributed by atoms with E-state index in [4.69, 9.17) is 16.2 Å². The van der Waals surface area contributed by atoms with Gasteiger partial charge >= 0.3 is 0 Å². The highest BCUT2D eigenvalue weighted by atomic mass is 16.5. The fourth-order valence-corrected chi connectivity index (χ4v) is 2.93. The van der Waals surface area contributed by atoms with Crippen LogP contribution in [0.1, 0.15) is 16.1 Å². The summed E-state index contributed by atoms with van der Waals surface area (Å²) in [6.07, 6.45) is 1.47. The van der Waals surface area contributed by atoms with Crippen molar-refractivity contribution in [2.45, 2.75) is 6.92 Å². The molecule has 8 heteroatoms. The fourth-order valence-electron chi connectivity index (χ4n) is 2.93. The lowest BCUT2D eigenvalue weighted by atomic mass is 10.1. The number of carbonyl (C=O) groups excluding carboxylic acids is 1. The van der Waals surface area contributed by atoms with Crippen LogP contribution in [0.25, 0.3) is 11.3 Å². The van der Waals surface area contributed by atoms with Crippen molar-refractivity contribution < 1.29 is 9.53 Å². The highest BCUT2D eigenvalue weighted by Crippen LogP contribution is 2.27. The van der Waals surface area contributed by atoms with Gasteiger partial charge in [0.05, 0.1) is 5.69 Å². The molecule has 4 aromatic rings. The van der Waals surface area contributed by atoms with Crippen LogP contribution in [-0.4, -0.2) is 20.9 Å². The van der Waals surface area contributed by atoms with Crippen LogP contribution in [0.4, 0.5) is 17.5 Å². The molecule has 8 nitrogen and oxygen atoms in total. The van der Waals surface area contributed by atoms with Crippen molar-refractivity contribution >= 4 is 23.4 Å². The second kappa shape index (κ2) is 8.50. The van der Waals surface area contributed by atoms with Gasteiger partial charge in [-0.15, -0.1) is 0 Å². The van der Waals surface area contributed by atoms with Gasteiger partial charge in [-0.25, -0.2) is 4.98 Å². The molecule has 0 saturated carbocycles. The van der Waals surface area contributed by atoms with Crippen molar-refractivity contribution in [1.29, 1.82) is 0 Å². The smallest absolute Gasteiger partial charge is 0.267 e. The first-order chi connectivity index (χ1) is 15.0. The molecule has 0 saturated heterocycles. The molecule has 0 aliphatic carbocycles. The molecule has 2 aromatic heterocycles. The second-order valence-corrected chi connectivity index (χ2v) is 6.86. The summed E-state index contributed by atoms with van der Waals surface area (Å²) in [6, 6.07) is 20.3. The van der Waals surface area contributed by atoms with E-state index in [0.29, 0.717) is 17.3 Å². The van der Waals surface area contributed by atoms with Gasteiger partial charge in [0.1, 0.15) is 23.0 Å². The van der Waals surface area contributed by atoms with E-state index < -0.39 is 5.91 Å². The number of ether oxygens (including phenoxy) is 1. The summed E-state index contributed by atoms with van der Waals surface area (Å²) in [4.78, 5) is 23.8. The quantitative estimate of drug-likeness (QED) is 0.435. The SMILES string of the molecule is Cc1ccc(-c2cc(Nc3cccc(Oc4ccnc(C(N)=O)c4)c3)nc(N)n2)cc1. The predicted octanol–water partition coefficient (Wildman–Crippen LogP) is 4.06. The molecule has 0 bridgehead atoms. The number of aryl methyl sites for hydroxylation is 1. The Labute approximate surface area is 178 Å². The topological polar surface area (TPSA) is 129 Å². The van der Waals surface area contributed by atoms with E-state index in [-0.39, 0.29) is 11.6 Å². The van der Waals surface area contributed by atoms with Crippen molar-refractivity contribution in [2.75, 3.05) is 11.1 Å². The molecule has 0 atom stereocenters. The van der Waals surface area contributed by atoms with Gasteiger partial charge in [0.25, 0.3) is 5.91 Å². The van der Waals surface area contributed by atoms with Gasteiger partial charge in [-0.3, -0.25) is 9.78 Å². The summed E-state index contributed by atoms with van der Waals surface area (Å²) in [7, 11) is 0. The van der Waals surface area contributed by atoms with Crippen LogP contribution in [0.5, 0.6) is 11.5 Å². The molecule has 4 rings (SSSR count). The van der Waals surface area contributed by atoms with Gasteiger partial charge in [-0.1, -0.05) is 35.9 Å². The van der Waals surface area contributed by atoms with Gasteiger partial charge in [0.15, 0.2) is 0 Å². The number of nitrogens with one attached hydrogen (secondary N) is 1. The maximum Gasteiger partial charge on any atom is 0.267 e. The van der Waals surface area contributed by atoms with Crippen molar-refractivity contribution in [3.8, 4) is 22.8 Å². The van der Waals surface area contributed by atoms with Crippen LogP contribution in [0.15, 0.2) is 72.9 Å². The van der Waals surface area contributed by atoms with Crippen LogP contribution in [-0.2, 0) is 0 Å². The molecule has 154 valence electrons. The summed E-state index contributed by atoms with van der Waals surface area (Å²) in [5, 5.41) is 3.22. The maximum atomic E-state index is 11.3. The number of benzene rings is 2. The summed E-state index contributed by atoms with van der Waals surface area (Å²) in [5.41, 5.74) is 14.9. The van der Waals surface area contributed by atoms with Crippen LogP contribution >= 0.6 is 0 Å². The third kappa shape index (κ3) is 4.94. The molecule has 0 spiro atoms. The largest absolute Gasteiger partial charge is 0.457 e. The second-order valence-electron chi connectivity index (χ2n) is 6.86. The molecule has 2 heterocycles. The van der Waals surface area contributed by atoms with Gasteiger partial charge in [0, 0.05) is 35.6 Å². The van der Waals surface area contributed by atoms with E-state index in [1.165, 1.54) is 12.3 Å². The molecular weight excluding hydrogens is 392 g/mol. The number of nitrogen functional groups attached to an aromatic ring is 1. The Morgan fingerprint density at radius 1 is 0.968 bits per heavy atom. The van der Waals surface area contributed by atoms with Crippen LogP contribution in [0.3, 0.4) is 0 Å². The van der Waals surface area contributed by atoms with E-state index >= 15 is 0 Å². The van der Waals surface area contributed by atoms with Crippen molar-refractivity contribution in [1.82, 2.24) is 15.0 Å². The number of nitrogens with two attached hydrogens (primary N) is 2. The number of amides is 1. The van der Waals surface area contributed by atoms with Crippen molar-refractivity contribution in [3.63, 3.8) is 0 Å². The average molecular weight is 412 g/mol. The van der Waals surface area contributed by atoms with E-state index in [1.807, 2.05) is 49.4 Å². The molecule has 0 fully saturated rings. The lowest BCUT2D eigenvalue weighted by Gasteiger charge is -2.11. The summed E-state index contributed by atoms with van der Waals surface area (Å²) >= 11 is 0. The summed E-state index contributed by atoms with van der Waals surface area (Å²) in [5.74, 6) is 1.12. The Kier molecular flexibility index (Phi) is 5.44. The monoisotopic (exact) mass is 412 g/mol. The molecule has 0 radical (unpaired) electrons. The Bertz CT molecular complexity index is 1240. The summed E-state index contributed by atoms with van der Waals surface area (Å²) < 4.78 is 5.83. The zero-order chi connectivity index (χ0) is 21.8. The minimum atomic E-state index is -0.619. The third-order valence-electron chi connectivity index (χ3n) is 4.42. The van der Waals surface area contributed by atoms with Crippen molar-refractivity contribution in [3.05, 3.63) is 84.2 Å². The Balaban J connectivity index is 1.56. The molecule has 0 unspecified atom stereocenters. The summed E-state index contributed by atoms with van der Waals surface area (Å²) in [6.45, 7) is 2.03. The van der Waals surface area contributed by atoms with Crippen LogP contribution in [0.2, 0.25) is 0 Å². The third-order valence-corrected chi connectivity index (χ3v) is 4.42. The Hall–Kier alpha value is -4.46. The molecular formula is C23H20N6O2. The molecule has 1 amide bonds. The van der Waals surface area contributed by atoms with Crippen molar-refractivity contribution in [2.24, 2.45) is 5.73 Å². The average Bonchev–Trinajstić information content (AvgIpc) is 2.74. The zero-order valence-corrected chi connectivity index (χ0v) is 16.7. The Morgan fingerprint density at radius 2 is 1.74 bits per heavy atom. The first kappa shape index (κ1) is 19.8. The first-order valence-corrected chi connectivity index (χ1v) is 9.49. The number of anilines is 3. The minimum Gasteiger partial charge on any atom is -0.457 e. The highest BCUT2D eigenvalue weighted by Gasteiger charge is 2.08. The number of nitrogens with zero attached hydrogens (tertiary/aromatic N) is 3. The van der Waals surface area contributed by atoms with E-state index in [9.17, 15) is 4.79 Å².